The maximum Gasteiger partial charge on any atom is 0.254 e. The minimum atomic E-state index is -0.567. The summed E-state index contributed by atoms with van der Waals surface area (Å²) in [6.45, 7) is 0. The van der Waals surface area contributed by atoms with E-state index in [1.807, 2.05) is 37.4 Å². The molecule has 1 aromatic heterocycles. The predicted octanol–water partition coefficient (Wildman–Crippen LogP) is 2.08. The van der Waals surface area contributed by atoms with Crippen molar-refractivity contribution in [2.45, 2.75) is 56.7 Å². The number of likely N-dealkylation sites (N-methyl/N-ethyl adjacent to an activating group) is 1. The highest BCUT2D eigenvalue weighted by molar-refractivity contribution is 5.94. The molecule has 8 heteroatoms. The lowest BCUT2D eigenvalue weighted by molar-refractivity contribution is -0.155. The van der Waals surface area contributed by atoms with Crippen molar-refractivity contribution in [1.29, 1.82) is 0 Å². The first kappa shape index (κ1) is 22.9. The van der Waals surface area contributed by atoms with Crippen molar-refractivity contribution in [3.05, 3.63) is 59.8 Å². The minimum Gasteiger partial charge on any atom is -0.474 e. The number of hydrogen-bond acceptors (Lipinski definition) is 6. The molecule has 2 aliphatic rings. The van der Waals surface area contributed by atoms with Crippen LogP contribution in [0.5, 0.6) is 5.88 Å². The minimum absolute atomic E-state index is 0.0318. The van der Waals surface area contributed by atoms with Gasteiger partial charge in [0.2, 0.25) is 18.2 Å². The van der Waals surface area contributed by atoms with Crippen molar-refractivity contribution < 1.29 is 19.1 Å². The van der Waals surface area contributed by atoms with Gasteiger partial charge >= 0.3 is 0 Å². The summed E-state index contributed by atoms with van der Waals surface area (Å²) in [6, 6.07) is 13.1. The monoisotopic (exact) mass is 450 g/mol. The molecule has 0 radical (unpaired) electrons. The zero-order valence-corrected chi connectivity index (χ0v) is 18.8. The Morgan fingerprint density at radius 3 is 2.58 bits per heavy atom. The number of nitrogens with one attached hydrogen (secondary N) is 1. The Balaban J connectivity index is 1.27. The molecule has 2 aromatic rings. The van der Waals surface area contributed by atoms with Gasteiger partial charge in [-0.1, -0.05) is 30.3 Å². The first-order chi connectivity index (χ1) is 15.9. The molecule has 1 heterocycles. The van der Waals surface area contributed by atoms with E-state index in [0.717, 1.165) is 37.7 Å². The normalized spacial score (nSPS) is 24.3. The molecule has 0 bridgehead atoms. The van der Waals surface area contributed by atoms with Crippen LogP contribution in [0.4, 0.5) is 0 Å². The Morgan fingerprint density at radius 1 is 1.21 bits per heavy atom. The fourth-order valence-corrected chi connectivity index (χ4v) is 5.13. The summed E-state index contributed by atoms with van der Waals surface area (Å²) in [5, 5.41) is 3.20. The molecule has 174 valence electrons. The molecule has 4 rings (SSSR count). The smallest absolute Gasteiger partial charge is 0.254 e. The Kier molecular flexibility index (Phi) is 6.74. The summed E-state index contributed by atoms with van der Waals surface area (Å²) in [5.74, 6) is -0.447. The molecule has 33 heavy (non-hydrogen) atoms. The number of amides is 3. The number of nitrogens with two attached hydrogens (primary N) is 1. The summed E-state index contributed by atoms with van der Waals surface area (Å²) in [5.41, 5.74) is 6.90. The van der Waals surface area contributed by atoms with E-state index in [-0.39, 0.29) is 47.4 Å². The lowest BCUT2D eigenvalue weighted by atomic mass is 9.52. The predicted molar refractivity (Wildman–Crippen MR) is 122 cm³/mol. The Bertz CT molecular complexity index is 998. The fraction of sp³-hybridized carbons (Fsp3) is 0.440. The molecule has 1 aromatic carbocycles. The molecule has 2 saturated carbocycles. The third kappa shape index (κ3) is 5.06. The summed E-state index contributed by atoms with van der Waals surface area (Å²) in [7, 11) is 1.84. The van der Waals surface area contributed by atoms with Crippen LogP contribution in [-0.4, -0.2) is 53.3 Å². The van der Waals surface area contributed by atoms with Gasteiger partial charge in [0, 0.05) is 24.7 Å². The van der Waals surface area contributed by atoms with Crippen molar-refractivity contribution in [3.8, 4) is 5.88 Å². The van der Waals surface area contributed by atoms with Gasteiger partial charge < -0.3 is 15.8 Å². The van der Waals surface area contributed by atoms with E-state index in [1.165, 1.54) is 4.90 Å². The van der Waals surface area contributed by atoms with Gasteiger partial charge in [0.15, 0.2) is 0 Å². The van der Waals surface area contributed by atoms with Crippen LogP contribution in [0.25, 0.3) is 0 Å². The highest BCUT2D eigenvalue weighted by Crippen LogP contribution is 2.58. The van der Waals surface area contributed by atoms with Crippen LogP contribution in [0.1, 0.15) is 48.0 Å². The number of pyridine rings is 1. The number of rotatable bonds is 10. The van der Waals surface area contributed by atoms with E-state index in [1.54, 1.807) is 18.3 Å². The van der Waals surface area contributed by atoms with E-state index in [4.69, 9.17) is 10.5 Å². The lowest BCUT2D eigenvalue weighted by Crippen LogP contribution is -2.60. The third-order valence-electron chi connectivity index (χ3n) is 6.92. The number of aromatic nitrogens is 1. The molecule has 0 aliphatic heterocycles. The quantitative estimate of drug-likeness (QED) is 0.536. The van der Waals surface area contributed by atoms with Crippen LogP contribution in [0, 0.1) is 5.41 Å². The van der Waals surface area contributed by atoms with Gasteiger partial charge in [0.1, 0.15) is 11.7 Å². The second kappa shape index (κ2) is 9.70. The van der Waals surface area contributed by atoms with Gasteiger partial charge in [0.25, 0.3) is 5.91 Å². The van der Waals surface area contributed by atoms with Crippen LogP contribution < -0.4 is 15.8 Å². The molecular weight excluding hydrogens is 420 g/mol. The number of hydrogen-bond donors (Lipinski definition) is 2. The van der Waals surface area contributed by atoms with Gasteiger partial charge in [-0.25, -0.2) is 4.98 Å². The van der Waals surface area contributed by atoms with Crippen molar-refractivity contribution in [2.75, 3.05) is 7.05 Å². The average Bonchev–Trinajstić information content (AvgIpc) is 2.76. The van der Waals surface area contributed by atoms with Crippen molar-refractivity contribution >= 4 is 18.2 Å². The first-order valence-electron chi connectivity index (χ1n) is 11.3. The molecule has 2 aliphatic carbocycles. The van der Waals surface area contributed by atoms with Crippen molar-refractivity contribution in [1.82, 2.24) is 15.2 Å². The SMILES string of the molecule is CNC(CC(=O)N(C=O)C1CC2(CC(Oc3ncccc3C(N)=O)C2)C1)Cc1ccccc1. The third-order valence-corrected chi connectivity index (χ3v) is 6.92. The maximum absolute atomic E-state index is 12.9. The topological polar surface area (TPSA) is 115 Å². The number of ether oxygens (including phenoxy) is 1. The van der Waals surface area contributed by atoms with E-state index in [2.05, 4.69) is 10.3 Å². The summed E-state index contributed by atoms with van der Waals surface area (Å²) in [4.78, 5) is 41.7. The largest absolute Gasteiger partial charge is 0.474 e. The summed E-state index contributed by atoms with van der Waals surface area (Å²) in [6.07, 6.45) is 6.39. The van der Waals surface area contributed by atoms with E-state index < -0.39 is 5.91 Å². The zero-order valence-electron chi connectivity index (χ0n) is 18.8. The molecule has 0 saturated heterocycles. The molecule has 1 unspecified atom stereocenters. The van der Waals surface area contributed by atoms with Crippen molar-refractivity contribution in [3.63, 3.8) is 0 Å². The number of nitrogens with zero attached hydrogens (tertiary/aromatic N) is 2. The van der Waals surface area contributed by atoms with Crippen LogP contribution in [0.3, 0.4) is 0 Å². The molecule has 2 fully saturated rings. The summed E-state index contributed by atoms with van der Waals surface area (Å²) >= 11 is 0. The van der Waals surface area contributed by atoms with Gasteiger partial charge in [-0.3, -0.25) is 19.3 Å². The molecule has 1 spiro atoms. The number of carbonyl (C=O) groups excluding carboxylic acids is 3. The van der Waals surface area contributed by atoms with Crippen LogP contribution >= 0.6 is 0 Å². The highest BCUT2D eigenvalue weighted by atomic mass is 16.5. The van der Waals surface area contributed by atoms with Gasteiger partial charge in [0.05, 0.1) is 0 Å². The van der Waals surface area contributed by atoms with E-state index >= 15 is 0 Å². The summed E-state index contributed by atoms with van der Waals surface area (Å²) < 4.78 is 5.90. The zero-order chi connectivity index (χ0) is 23.4. The Morgan fingerprint density at radius 2 is 1.94 bits per heavy atom. The number of imide groups is 1. The standard InChI is InChI=1S/C25H30N4O4/c1-27-18(10-17-6-3-2-4-7-17)11-22(31)29(16-30)19-12-25(13-19)14-20(15-25)33-24-21(23(26)32)8-5-9-28-24/h2-9,16,18-20,27H,10-15H2,1H3,(H2,26,32). The highest BCUT2D eigenvalue weighted by Gasteiger charge is 2.56. The van der Waals surface area contributed by atoms with Gasteiger partial charge in [-0.15, -0.1) is 0 Å². The van der Waals surface area contributed by atoms with Gasteiger partial charge in [-0.05, 0) is 62.3 Å². The second-order valence-electron chi connectivity index (χ2n) is 9.22. The average molecular weight is 451 g/mol. The van der Waals surface area contributed by atoms with Crippen LogP contribution in [0.15, 0.2) is 48.7 Å². The van der Waals surface area contributed by atoms with Crippen molar-refractivity contribution in [2.24, 2.45) is 11.1 Å². The van der Waals surface area contributed by atoms with Crippen LogP contribution in [0.2, 0.25) is 0 Å². The number of benzene rings is 1. The maximum atomic E-state index is 12.9. The first-order valence-corrected chi connectivity index (χ1v) is 11.3. The molecule has 1 atom stereocenters. The van der Waals surface area contributed by atoms with Gasteiger partial charge in [-0.2, -0.15) is 0 Å². The molecule has 8 nitrogen and oxygen atoms in total. The van der Waals surface area contributed by atoms with E-state index in [0.29, 0.717) is 6.41 Å². The lowest BCUT2D eigenvalue weighted by Gasteiger charge is -2.58. The van der Waals surface area contributed by atoms with E-state index in [9.17, 15) is 14.4 Å². The number of carbonyl (C=O) groups is 3. The second-order valence-corrected chi connectivity index (χ2v) is 9.22. The Hall–Kier alpha value is -3.26. The molecule has 3 amide bonds. The molecular formula is C25H30N4O4. The van der Waals surface area contributed by atoms with Crippen LogP contribution in [-0.2, 0) is 16.0 Å². The molecule has 3 N–H and O–H groups in total. The fourth-order valence-electron chi connectivity index (χ4n) is 5.13. The Labute approximate surface area is 193 Å². The number of primary amides is 1.